The highest BCUT2D eigenvalue weighted by Crippen LogP contribution is 2.26. The summed E-state index contributed by atoms with van der Waals surface area (Å²) in [5.74, 6) is -0.558. The number of halogens is 1. The van der Waals surface area contributed by atoms with Crippen molar-refractivity contribution in [1.29, 1.82) is 0 Å². The fourth-order valence-electron chi connectivity index (χ4n) is 2.51. The number of nitrogens with one attached hydrogen (secondary N) is 1. The van der Waals surface area contributed by atoms with Crippen molar-refractivity contribution >= 4 is 29.1 Å². The Morgan fingerprint density at radius 3 is 2.45 bits per heavy atom. The first kappa shape index (κ1) is 14.7. The van der Waals surface area contributed by atoms with Crippen LogP contribution >= 0.6 is 11.6 Å². The molecule has 0 unspecified atom stereocenters. The van der Waals surface area contributed by atoms with Crippen LogP contribution in [0, 0.1) is 5.92 Å². The summed E-state index contributed by atoms with van der Waals surface area (Å²) < 4.78 is 0. The van der Waals surface area contributed by atoms with Crippen LogP contribution in [0.25, 0.3) is 0 Å². The molecule has 1 aromatic carbocycles. The van der Waals surface area contributed by atoms with E-state index in [2.05, 4.69) is 5.32 Å². The Hall–Kier alpha value is -1.75. The van der Waals surface area contributed by atoms with Crippen LogP contribution < -0.4 is 16.8 Å². The smallest absolute Gasteiger partial charge is 0.253 e. The number of hydrogen-bond acceptors (Lipinski definition) is 3. The highest BCUT2D eigenvalue weighted by atomic mass is 35.5. The van der Waals surface area contributed by atoms with Crippen LogP contribution in [0.15, 0.2) is 18.2 Å². The quantitative estimate of drug-likeness (QED) is 0.740. The maximum Gasteiger partial charge on any atom is 0.253 e. The number of hydrogen-bond donors (Lipinski definition) is 3. The monoisotopic (exact) mass is 295 g/mol. The van der Waals surface area contributed by atoms with Crippen LogP contribution in [0.1, 0.15) is 36.0 Å². The van der Waals surface area contributed by atoms with E-state index in [-0.39, 0.29) is 28.8 Å². The summed E-state index contributed by atoms with van der Waals surface area (Å²) in [4.78, 5) is 23.2. The van der Waals surface area contributed by atoms with Gasteiger partial charge in [-0.15, -0.1) is 0 Å². The molecule has 0 spiro atoms. The first-order chi connectivity index (χ1) is 9.49. The second-order valence-electron chi connectivity index (χ2n) is 5.13. The fourth-order valence-corrected chi connectivity index (χ4v) is 2.72. The Bertz CT molecular complexity index is 525. The lowest BCUT2D eigenvalue weighted by Crippen LogP contribution is -2.39. The molecule has 0 bridgehead atoms. The van der Waals surface area contributed by atoms with Crippen molar-refractivity contribution in [2.75, 3.05) is 5.73 Å². The molecule has 1 saturated carbocycles. The average Bonchev–Trinajstić information content (AvgIpc) is 2.42. The molecule has 1 aromatic rings. The Balaban J connectivity index is 1.96. The SMILES string of the molecule is NC(=O)C1CCC(NC(=O)c2cccc(N)c2Cl)CC1. The molecule has 108 valence electrons. The standard InChI is InChI=1S/C14H18ClN3O2/c15-12-10(2-1-3-11(12)16)14(20)18-9-6-4-8(5-7-9)13(17)19/h1-3,8-9H,4-7,16H2,(H2,17,19)(H,18,20). The van der Waals surface area contributed by atoms with Gasteiger partial charge in [0, 0.05) is 12.0 Å². The average molecular weight is 296 g/mol. The maximum absolute atomic E-state index is 12.2. The molecule has 2 amide bonds. The van der Waals surface area contributed by atoms with Crippen LogP contribution in [0.4, 0.5) is 5.69 Å². The zero-order chi connectivity index (χ0) is 14.7. The van der Waals surface area contributed by atoms with E-state index in [1.54, 1.807) is 18.2 Å². The number of nitrogen functional groups attached to an aromatic ring is 1. The minimum atomic E-state index is -0.256. The second-order valence-corrected chi connectivity index (χ2v) is 5.51. The van der Waals surface area contributed by atoms with Crippen LogP contribution in [-0.4, -0.2) is 17.9 Å². The van der Waals surface area contributed by atoms with Crippen molar-refractivity contribution in [3.05, 3.63) is 28.8 Å². The van der Waals surface area contributed by atoms with E-state index in [1.165, 1.54) is 0 Å². The summed E-state index contributed by atoms with van der Waals surface area (Å²) >= 11 is 6.02. The summed E-state index contributed by atoms with van der Waals surface area (Å²) in [6, 6.07) is 5.04. The van der Waals surface area contributed by atoms with Gasteiger partial charge in [-0.3, -0.25) is 9.59 Å². The highest BCUT2D eigenvalue weighted by Gasteiger charge is 2.26. The molecular formula is C14H18ClN3O2. The number of nitrogens with two attached hydrogens (primary N) is 2. The predicted molar refractivity (Wildman–Crippen MR) is 78.3 cm³/mol. The van der Waals surface area contributed by atoms with Crippen molar-refractivity contribution in [1.82, 2.24) is 5.32 Å². The predicted octanol–water partition coefficient (Wildman–Crippen LogP) is 1.70. The minimum absolute atomic E-state index is 0.0515. The van der Waals surface area contributed by atoms with Gasteiger partial charge >= 0.3 is 0 Å². The van der Waals surface area contributed by atoms with Gasteiger partial charge in [-0.25, -0.2) is 0 Å². The molecule has 5 N–H and O–H groups in total. The number of rotatable bonds is 3. The van der Waals surface area contributed by atoms with Gasteiger partial charge in [0.25, 0.3) is 5.91 Å². The lowest BCUT2D eigenvalue weighted by molar-refractivity contribution is -0.122. The van der Waals surface area contributed by atoms with E-state index in [4.69, 9.17) is 23.1 Å². The van der Waals surface area contributed by atoms with Crippen LogP contribution in [-0.2, 0) is 4.79 Å². The number of carbonyl (C=O) groups excluding carboxylic acids is 2. The molecule has 2 rings (SSSR count). The summed E-state index contributed by atoms with van der Waals surface area (Å²) in [5.41, 5.74) is 11.7. The van der Waals surface area contributed by atoms with Gasteiger partial charge < -0.3 is 16.8 Å². The van der Waals surface area contributed by atoms with Gasteiger partial charge in [0.1, 0.15) is 0 Å². The van der Waals surface area contributed by atoms with Crippen LogP contribution in [0.2, 0.25) is 5.02 Å². The van der Waals surface area contributed by atoms with E-state index in [9.17, 15) is 9.59 Å². The van der Waals surface area contributed by atoms with E-state index in [0.29, 0.717) is 24.1 Å². The molecule has 0 radical (unpaired) electrons. The van der Waals surface area contributed by atoms with Gasteiger partial charge in [-0.1, -0.05) is 17.7 Å². The Kier molecular flexibility index (Phi) is 4.49. The minimum Gasteiger partial charge on any atom is -0.398 e. The lowest BCUT2D eigenvalue weighted by Gasteiger charge is -2.27. The van der Waals surface area contributed by atoms with Gasteiger partial charge in [-0.05, 0) is 37.8 Å². The molecule has 0 atom stereocenters. The molecule has 20 heavy (non-hydrogen) atoms. The zero-order valence-corrected chi connectivity index (χ0v) is 11.8. The Morgan fingerprint density at radius 2 is 1.85 bits per heavy atom. The van der Waals surface area contributed by atoms with E-state index in [0.717, 1.165) is 12.8 Å². The topological polar surface area (TPSA) is 98.2 Å². The van der Waals surface area contributed by atoms with E-state index < -0.39 is 0 Å². The molecule has 5 nitrogen and oxygen atoms in total. The molecule has 0 saturated heterocycles. The molecular weight excluding hydrogens is 278 g/mol. The summed E-state index contributed by atoms with van der Waals surface area (Å²) in [7, 11) is 0. The third-order valence-electron chi connectivity index (χ3n) is 3.74. The number of benzene rings is 1. The number of amides is 2. The van der Waals surface area contributed by atoms with Crippen molar-refractivity contribution in [3.63, 3.8) is 0 Å². The molecule has 1 aliphatic rings. The molecule has 6 heteroatoms. The lowest BCUT2D eigenvalue weighted by atomic mass is 9.85. The summed E-state index contributed by atoms with van der Waals surface area (Å²) in [6.45, 7) is 0. The first-order valence-corrected chi connectivity index (χ1v) is 7.01. The largest absolute Gasteiger partial charge is 0.398 e. The van der Waals surface area contributed by atoms with E-state index >= 15 is 0 Å². The zero-order valence-electron chi connectivity index (χ0n) is 11.1. The highest BCUT2D eigenvalue weighted by molar-refractivity contribution is 6.36. The fraction of sp³-hybridized carbons (Fsp3) is 0.429. The second kappa shape index (κ2) is 6.13. The molecule has 1 fully saturated rings. The van der Waals surface area contributed by atoms with Gasteiger partial charge in [-0.2, -0.15) is 0 Å². The van der Waals surface area contributed by atoms with Crippen molar-refractivity contribution in [3.8, 4) is 0 Å². The maximum atomic E-state index is 12.2. The Labute approximate surface area is 122 Å². The molecule has 1 aliphatic carbocycles. The van der Waals surface area contributed by atoms with Crippen molar-refractivity contribution in [2.24, 2.45) is 11.7 Å². The van der Waals surface area contributed by atoms with Crippen molar-refractivity contribution < 1.29 is 9.59 Å². The van der Waals surface area contributed by atoms with Gasteiger partial charge in [0.15, 0.2) is 0 Å². The Morgan fingerprint density at radius 1 is 1.20 bits per heavy atom. The van der Waals surface area contributed by atoms with Crippen molar-refractivity contribution in [2.45, 2.75) is 31.7 Å². The number of primary amides is 1. The third kappa shape index (κ3) is 3.22. The van der Waals surface area contributed by atoms with Gasteiger partial charge in [0.05, 0.1) is 16.3 Å². The normalized spacial score (nSPS) is 22.2. The van der Waals surface area contributed by atoms with Crippen LogP contribution in [0.5, 0.6) is 0 Å². The summed E-state index contributed by atoms with van der Waals surface area (Å²) in [6.07, 6.45) is 2.93. The molecule has 0 aliphatic heterocycles. The molecule has 0 aromatic heterocycles. The van der Waals surface area contributed by atoms with Crippen LogP contribution in [0.3, 0.4) is 0 Å². The first-order valence-electron chi connectivity index (χ1n) is 6.63. The summed E-state index contributed by atoms with van der Waals surface area (Å²) in [5, 5.41) is 3.21. The number of carbonyl (C=O) groups is 2. The third-order valence-corrected chi connectivity index (χ3v) is 4.16. The van der Waals surface area contributed by atoms with E-state index in [1.807, 2.05) is 0 Å². The number of anilines is 1. The molecule has 0 heterocycles. The van der Waals surface area contributed by atoms with Gasteiger partial charge in [0.2, 0.25) is 5.91 Å².